The number of rotatable bonds is 4. The molecule has 2 atom stereocenters. The third-order valence-electron chi connectivity index (χ3n) is 3.43. The van der Waals surface area contributed by atoms with Gasteiger partial charge in [0.2, 0.25) is 0 Å². The van der Waals surface area contributed by atoms with Crippen LogP contribution in [0.5, 0.6) is 0 Å². The van der Waals surface area contributed by atoms with Crippen molar-refractivity contribution in [2.45, 2.75) is 78.6 Å². The molecule has 0 N–H and O–H groups in total. The van der Waals surface area contributed by atoms with E-state index in [0.29, 0.717) is 0 Å². The van der Waals surface area contributed by atoms with Gasteiger partial charge in [0.1, 0.15) is 0 Å². The van der Waals surface area contributed by atoms with Crippen LogP contribution in [0.25, 0.3) is 0 Å². The second kappa shape index (κ2) is 7.54. The summed E-state index contributed by atoms with van der Waals surface area (Å²) in [6.07, 6.45) is 0. The molecular weight excluding hydrogens is 380 g/mol. The molecule has 2 unspecified atom stereocenters. The van der Waals surface area contributed by atoms with E-state index in [-0.39, 0.29) is 33.2 Å². The first kappa shape index (κ1) is 24.4. The summed E-state index contributed by atoms with van der Waals surface area (Å²) in [6.45, 7) is 31.8. The SMILES string of the molecule is C[Si](C)(C)C1=[P-]=C([Si](C)(C)C)P([Si](C)(C)C)P1[Si](C)(C)C.[Li+]. The minimum Gasteiger partial charge on any atom is -0.532 e. The predicted molar refractivity (Wildman–Crippen MR) is 124 cm³/mol. The fourth-order valence-corrected chi connectivity index (χ4v) is 85.2. The molecule has 0 radical (unpaired) electrons. The van der Waals surface area contributed by atoms with Crippen LogP contribution in [0, 0.1) is 0 Å². The smallest absolute Gasteiger partial charge is 0.532 e. The maximum atomic E-state index is 2.68. The Morgan fingerprint density at radius 2 is 0.773 bits per heavy atom. The third-order valence-corrected chi connectivity index (χ3v) is 54.3. The molecule has 0 aromatic heterocycles. The number of hydrogen-bond acceptors (Lipinski definition) is 0. The largest absolute Gasteiger partial charge is 1.00 e. The van der Waals surface area contributed by atoms with E-state index >= 15 is 0 Å². The van der Waals surface area contributed by atoms with Crippen molar-refractivity contribution in [3.8, 4) is 0 Å². The van der Waals surface area contributed by atoms with Gasteiger partial charge in [0.15, 0.2) is 0 Å². The van der Waals surface area contributed by atoms with Crippen molar-refractivity contribution >= 4 is 63.1 Å². The van der Waals surface area contributed by atoms with Gasteiger partial charge >= 0.3 is 18.9 Å². The summed E-state index contributed by atoms with van der Waals surface area (Å²) < 4.78 is 4.23. The van der Waals surface area contributed by atoms with Crippen molar-refractivity contribution in [2.24, 2.45) is 0 Å². The number of hydrogen-bond donors (Lipinski definition) is 0. The van der Waals surface area contributed by atoms with Crippen LogP contribution in [0.2, 0.25) is 78.6 Å². The molecule has 0 spiro atoms. The maximum absolute atomic E-state index is 2.68. The van der Waals surface area contributed by atoms with Gasteiger partial charge in [-0.2, -0.15) is 0 Å². The van der Waals surface area contributed by atoms with E-state index in [1.54, 1.807) is 7.83 Å². The summed E-state index contributed by atoms with van der Waals surface area (Å²) in [5.41, 5.74) is 0. The molecule has 0 fully saturated rings. The fraction of sp³-hybridized carbons (Fsp3) is 0.857. The van der Waals surface area contributed by atoms with Gasteiger partial charge in [0.25, 0.3) is 0 Å². The van der Waals surface area contributed by atoms with E-state index in [1.807, 2.05) is 0 Å². The normalized spacial score (nSPS) is 24.9. The molecule has 0 amide bonds. The molecular formula is C14H36LiP3Si4. The van der Waals surface area contributed by atoms with Crippen LogP contribution in [-0.2, 0) is 0 Å². The van der Waals surface area contributed by atoms with E-state index in [0.717, 1.165) is 0 Å². The quantitative estimate of drug-likeness (QED) is 0.467. The van der Waals surface area contributed by atoms with Crippen molar-refractivity contribution < 1.29 is 18.9 Å². The van der Waals surface area contributed by atoms with Crippen LogP contribution in [0.3, 0.4) is 0 Å². The minimum absolute atomic E-state index is 0. The Bertz CT molecular complexity index is 444. The molecule has 1 aliphatic rings. The van der Waals surface area contributed by atoms with E-state index in [2.05, 4.69) is 87.9 Å². The molecule has 124 valence electrons. The molecule has 1 heterocycles. The summed E-state index contributed by atoms with van der Waals surface area (Å²) in [6, 6.07) is 0. The van der Waals surface area contributed by atoms with Crippen LogP contribution < -0.4 is 18.9 Å². The van der Waals surface area contributed by atoms with Crippen LogP contribution in [0.1, 0.15) is 0 Å². The topological polar surface area (TPSA) is 0 Å². The average Bonchev–Trinajstić information content (AvgIpc) is 2.52. The summed E-state index contributed by atoms with van der Waals surface area (Å²) in [5.74, 6) is 0. The second-order valence-corrected chi connectivity index (χ2v) is 49.9. The van der Waals surface area contributed by atoms with Gasteiger partial charge in [-0.25, -0.2) is 9.32 Å². The summed E-state index contributed by atoms with van der Waals surface area (Å²) in [5, 5.41) is 0. The first-order valence-corrected chi connectivity index (χ1v) is 28.0. The van der Waals surface area contributed by atoms with Gasteiger partial charge in [-0.15, -0.1) is 14.3 Å². The molecule has 0 saturated heterocycles. The van der Waals surface area contributed by atoms with Gasteiger partial charge in [-0.05, 0) is 0 Å². The van der Waals surface area contributed by atoms with E-state index in [4.69, 9.17) is 0 Å². The molecule has 1 rings (SSSR count). The van der Waals surface area contributed by atoms with Gasteiger partial charge < -0.3 is 7.83 Å². The summed E-state index contributed by atoms with van der Waals surface area (Å²) >= 11 is 0. The van der Waals surface area contributed by atoms with Crippen LogP contribution in [0.15, 0.2) is 0 Å². The van der Waals surface area contributed by atoms with Crippen molar-refractivity contribution in [1.82, 2.24) is 0 Å². The summed E-state index contributed by atoms with van der Waals surface area (Å²) in [4.78, 5) is 0. The van der Waals surface area contributed by atoms with Crippen molar-refractivity contribution in [1.29, 1.82) is 0 Å². The molecule has 22 heavy (non-hydrogen) atoms. The third kappa shape index (κ3) is 5.69. The fourth-order valence-electron chi connectivity index (χ4n) is 2.59. The predicted octanol–water partition coefficient (Wildman–Crippen LogP) is 4.51. The van der Waals surface area contributed by atoms with Gasteiger partial charge in [0.05, 0.1) is 15.5 Å². The van der Waals surface area contributed by atoms with Gasteiger partial charge in [0, 0.05) is 16.1 Å². The average molecular weight is 417 g/mol. The monoisotopic (exact) mass is 416 g/mol. The second-order valence-electron chi connectivity index (χ2n) is 10.2. The molecule has 8 heteroatoms. The Hall–Kier alpha value is 2.36. The zero-order chi connectivity index (χ0) is 17.0. The Labute approximate surface area is 159 Å². The van der Waals surface area contributed by atoms with Crippen LogP contribution in [0.4, 0.5) is 0 Å². The maximum Gasteiger partial charge on any atom is 1.00 e. The van der Waals surface area contributed by atoms with E-state index in [1.165, 1.54) is 0 Å². The van der Waals surface area contributed by atoms with Crippen LogP contribution in [-0.4, -0.2) is 40.9 Å². The molecule has 0 aliphatic carbocycles. The van der Waals surface area contributed by atoms with Crippen LogP contribution >= 0.6 is 22.1 Å². The molecule has 0 aromatic rings. The Kier molecular flexibility index (Phi) is 8.35. The van der Waals surface area contributed by atoms with Crippen molar-refractivity contribution in [3.63, 3.8) is 0 Å². The first-order chi connectivity index (χ1) is 8.97. The molecule has 0 aromatic carbocycles. The summed E-state index contributed by atoms with van der Waals surface area (Å²) in [7, 11) is -2.15. The Balaban J connectivity index is 0.00000441. The molecule has 0 saturated carbocycles. The van der Waals surface area contributed by atoms with Gasteiger partial charge in [-0.1, -0.05) is 78.6 Å². The standard InChI is InChI=1S/C14H36P3Si4.Li/c1-18(2,3)13-15-14(19(4,5)6)17(21(10,11)12)16(13)20(7,8)9;/h1-12H3;/q-1;+1. The molecule has 1 aliphatic heterocycles. The Morgan fingerprint density at radius 3 is 0.909 bits per heavy atom. The molecule has 0 nitrogen and oxygen atoms in total. The molecule has 0 bridgehead atoms. The van der Waals surface area contributed by atoms with Crippen molar-refractivity contribution in [3.05, 3.63) is 0 Å². The first-order valence-electron chi connectivity index (χ1n) is 8.04. The Morgan fingerprint density at radius 1 is 0.545 bits per heavy atom. The van der Waals surface area contributed by atoms with Gasteiger partial charge in [-0.3, -0.25) is 0 Å². The van der Waals surface area contributed by atoms with E-state index < -0.39 is 31.6 Å². The zero-order valence-electron chi connectivity index (χ0n) is 17.3. The van der Waals surface area contributed by atoms with E-state index in [9.17, 15) is 0 Å². The zero-order valence-corrected chi connectivity index (χ0v) is 24.0. The van der Waals surface area contributed by atoms with Crippen molar-refractivity contribution in [2.75, 3.05) is 0 Å². The minimum atomic E-state index is -1.13.